The smallest absolute Gasteiger partial charge is 0.224 e. The van der Waals surface area contributed by atoms with Crippen molar-refractivity contribution >= 4 is 17.4 Å². The maximum absolute atomic E-state index is 13.4. The lowest BCUT2D eigenvalue weighted by atomic mass is 10.0. The SMILES string of the molecule is Cc1ccc2c(c1)OC[C@@H](CC(=O)N1CCN(c3ccccn3)CC1)N2Cc1ccc(F)cc1. The highest BCUT2D eigenvalue weighted by Crippen LogP contribution is 2.36. The van der Waals surface area contributed by atoms with Crippen LogP contribution >= 0.6 is 0 Å². The Kier molecular flexibility index (Phi) is 6.34. The van der Waals surface area contributed by atoms with Crippen LogP contribution in [0.3, 0.4) is 0 Å². The first-order valence-electron chi connectivity index (χ1n) is 11.7. The van der Waals surface area contributed by atoms with E-state index >= 15 is 0 Å². The van der Waals surface area contributed by atoms with Gasteiger partial charge >= 0.3 is 0 Å². The summed E-state index contributed by atoms with van der Waals surface area (Å²) < 4.78 is 19.5. The Morgan fingerprint density at radius 2 is 1.85 bits per heavy atom. The number of ether oxygens (including phenoxy) is 1. The lowest BCUT2D eigenvalue weighted by Gasteiger charge is -2.40. The van der Waals surface area contributed by atoms with Crippen molar-refractivity contribution in [3.8, 4) is 5.75 Å². The van der Waals surface area contributed by atoms with E-state index < -0.39 is 0 Å². The van der Waals surface area contributed by atoms with Gasteiger partial charge in [0, 0.05) is 38.9 Å². The van der Waals surface area contributed by atoms with Gasteiger partial charge in [0.25, 0.3) is 0 Å². The summed E-state index contributed by atoms with van der Waals surface area (Å²) in [5.74, 6) is 1.66. The molecule has 34 heavy (non-hydrogen) atoms. The molecule has 0 bridgehead atoms. The standard InChI is InChI=1S/C27H29FN4O2/c1-20-5-10-24-25(16-20)34-19-23(32(24)18-21-6-8-22(28)9-7-21)17-27(33)31-14-12-30(13-15-31)26-4-2-3-11-29-26/h2-11,16,23H,12-15,17-19H2,1H3/t23-/m1/s1. The number of pyridine rings is 1. The van der Waals surface area contributed by atoms with E-state index in [0.717, 1.165) is 41.5 Å². The van der Waals surface area contributed by atoms with Gasteiger partial charge in [-0.05, 0) is 54.4 Å². The largest absolute Gasteiger partial charge is 0.489 e. The number of aryl methyl sites for hydroxylation is 1. The molecule has 0 unspecified atom stereocenters. The molecule has 1 fully saturated rings. The van der Waals surface area contributed by atoms with E-state index in [2.05, 4.69) is 26.9 Å². The van der Waals surface area contributed by atoms with Crippen molar-refractivity contribution in [1.82, 2.24) is 9.88 Å². The van der Waals surface area contributed by atoms with Crippen LogP contribution in [0.2, 0.25) is 0 Å². The van der Waals surface area contributed by atoms with Crippen molar-refractivity contribution < 1.29 is 13.9 Å². The number of aromatic nitrogens is 1. The minimum Gasteiger partial charge on any atom is -0.489 e. The summed E-state index contributed by atoms with van der Waals surface area (Å²) in [7, 11) is 0. The number of hydrogen-bond donors (Lipinski definition) is 0. The van der Waals surface area contributed by atoms with Crippen LogP contribution in [0.4, 0.5) is 15.9 Å². The number of carbonyl (C=O) groups is 1. The number of hydrogen-bond acceptors (Lipinski definition) is 5. The Bertz CT molecular complexity index is 1130. The number of amides is 1. The molecule has 0 radical (unpaired) electrons. The van der Waals surface area contributed by atoms with Crippen LogP contribution in [0.1, 0.15) is 17.5 Å². The molecule has 176 valence electrons. The fourth-order valence-corrected chi connectivity index (χ4v) is 4.67. The van der Waals surface area contributed by atoms with Crippen molar-refractivity contribution in [3.05, 3.63) is 83.8 Å². The Labute approximate surface area is 199 Å². The minimum atomic E-state index is -0.252. The van der Waals surface area contributed by atoms with E-state index in [9.17, 15) is 9.18 Å². The van der Waals surface area contributed by atoms with E-state index in [0.29, 0.717) is 32.7 Å². The quantitative estimate of drug-likeness (QED) is 0.575. The Morgan fingerprint density at radius 1 is 1.06 bits per heavy atom. The highest BCUT2D eigenvalue weighted by Gasteiger charge is 2.32. The predicted octanol–water partition coefficient (Wildman–Crippen LogP) is 4.04. The Balaban J connectivity index is 1.29. The molecule has 2 aliphatic rings. The molecule has 3 heterocycles. The summed E-state index contributed by atoms with van der Waals surface area (Å²) in [4.78, 5) is 24.1. The van der Waals surface area contributed by atoms with Gasteiger partial charge < -0.3 is 19.4 Å². The second-order valence-electron chi connectivity index (χ2n) is 8.95. The second-order valence-corrected chi connectivity index (χ2v) is 8.95. The van der Waals surface area contributed by atoms with Crippen LogP contribution in [-0.4, -0.2) is 54.6 Å². The van der Waals surface area contributed by atoms with Crippen LogP contribution in [0.5, 0.6) is 5.75 Å². The third-order valence-corrected chi connectivity index (χ3v) is 6.58. The van der Waals surface area contributed by atoms with Crippen LogP contribution in [0.15, 0.2) is 66.9 Å². The average Bonchev–Trinajstić information content (AvgIpc) is 2.87. The van der Waals surface area contributed by atoms with Gasteiger partial charge in [0.2, 0.25) is 5.91 Å². The monoisotopic (exact) mass is 460 g/mol. The van der Waals surface area contributed by atoms with Crippen molar-refractivity contribution in [2.24, 2.45) is 0 Å². The average molecular weight is 461 g/mol. The fourth-order valence-electron chi connectivity index (χ4n) is 4.67. The molecule has 0 N–H and O–H groups in total. The Hall–Kier alpha value is -3.61. The number of nitrogens with zero attached hydrogens (tertiary/aromatic N) is 4. The van der Waals surface area contributed by atoms with Crippen molar-refractivity contribution in [3.63, 3.8) is 0 Å². The number of rotatable bonds is 5. The molecule has 2 aliphatic heterocycles. The normalized spacial score (nSPS) is 17.8. The van der Waals surface area contributed by atoms with E-state index in [-0.39, 0.29) is 17.8 Å². The highest BCUT2D eigenvalue weighted by molar-refractivity contribution is 5.78. The highest BCUT2D eigenvalue weighted by atomic mass is 19.1. The number of fused-ring (bicyclic) bond motifs is 1. The maximum Gasteiger partial charge on any atom is 0.224 e. The molecule has 1 saturated heterocycles. The van der Waals surface area contributed by atoms with Gasteiger partial charge in [0.15, 0.2) is 0 Å². The van der Waals surface area contributed by atoms with Crippen molar-refractivity contribution in [2.45, 2.75) is 25.9 Å². The molecule has 6 nitrogen and oxygen atoms in total. The molecule has 2 aromatic carbocycles. The van der Waals surface area contributed by atoms with E-state index in [1.165, 1.54) is 12.1 Å². The number of benzene rings is 2. The summed E-state index contributed by atoms with van der Waals surface area (Å²) in [6, 6.07) is 18.5. The summed E-state index contributed by atoms with van der Waals surface area (Å²) in [5.41, 5.74) is 3.09. The first-order valence-corrected chi connectivity index (χ1v) is 11.7. The second kappa shape index (κ2) is 9.71. The minimum absolute atomic E-state index is 0.0958. The van der Waals surface area contributed by atoms with Gasteiger partial charge in [-0.15, -0.1) is 0 Å². The van der Waals surface area contributed by atoms with Gasteiger partial charge in [0.1, 0.15) is 24.0 Å². The van der Waals surface area contributed by atoms with E-state index in [1.54, 1.807) is 18.3 Å². The number of halogens is 1. The third-order valence-electron chi connectivity index (χ3n) is 6.58. The van der Waals surface area contributed by atoms with Crippen molar-refractivity contribution in [2.75, 3.05) is 42.6 Å². The lowest BCUT2D eigenvalue weighted by Crippen LogP contribution is -2.51. The van der Waals surface area contributed by atoms with Gasteiger partial charge in [-0.25, -0.2) is 9.37 Å². The first-order chi connectivity index (χ1) is 16.6. The van der Waals surface area contributed by atoms with Crippen LogP contribution in [-0.2, 0) is 11.3 Å². The molecule has 1 atom stereocenters. The molecular formula is C27H29FN4O2. The van der Waals surface area contributed by atoms with Gasteiger partial charge in [-0.1, -0.05) is 24.3 Å². The van der Waals surface area contributed by atoms with E-state index in [1.807, 2.05) is 36.1 Å². The Morgan fingerprint density at radius 3 is 2.59 bits per heavy atom. The van der Waals surface area contributed by atoms with Gasteiger partial charge in [-0.3, -0.25) is 4.79 Å². The molecule has 0 saturated carbocycles. The van der Waals surface area contributed by atoms with Gasteiger partial charge in [0.05, 0.1) is 18.2 Å². The molecule has 1 aromatic heterocycles. The van der Waals surface area contributed by atoms with E-state index in [4.69, 9.17) is 4.74 Å². The molecule has 5 rings (SSSR count). The summed E-state index contributed by atoms with van der Waals surface area (Å²) in [6.45, 7) is 5.96. The van der Waals surface area contributed by atoms with Crippen LogP contribution in [0.25, 0.3) is 0 Å². The molecular weight excluding hydrogens is 431 g/mol. The van der Waals surface area contributed by atoms with Gasteiger partial charge in [-0.2, -0.15) is 0 Å². The zero-order valence-corrected chi connectivity index (χ0v) is 19.4. The lowest BCUT2D eigenvalue weighted by molar-refractivity contribution is -0.132. The maximum atomic E-state index is 13.4. The zero-order chi connectivity index (χ0) is 23.5. The van der Waals surface area contributed by atoms with Crippen LogP contribution < -0.4 is 14.5 Å². The number of piperazine rings is 1. The molecule has 0 spiro atoms. The number of carbonyl (C=O) groups excluding carboxylic acids is 1. The number of anilines is 2. The summed E-state index contributed by atoms with van der Waals surface area (Å²) >= 11 is 0. The fraction of sp³-hybridized carbons (Fsp3) is 0.333. The van der Waals surface area contributed by atoms with Crippen molar-refractivity contribution in [1.29, 1.82) is 0 Å². The predicted molar refractivity (Wildman–Crippen MR) is 131 cm³/mol. The third kappa shape index (κ3) is 4.83. The van der Waals surface area contributed by atoms with Crippen LogP contribution in [0, 0.1) is 12.7 Å². The molecule has 3 aromatic rings. The first kappa shape index (κ1) is 22.2. The molecule has 1 amide bonds. The summed E-state index contributed by atoms with van der Waals surface area (Å²) in [6.07, 6.45) is 2.17. The topological polar surface area (TPSA) is 48.9 Å². The summed E-state index contributed by atoms with van der Waals surface area (Å²) in [5, 5.41) is 0. The molecule has 0 aliphatic carbocycles. The zero-order valence-electron chi connectivity index (χ0n) is 19.4. The molecule has 7 heteroatoms.